The first-order valence-electron chi connectivity index (χ1n) is 7.47. The Morgan fingerprint density at radius 3 is 2.36 bits per heavy atom. The molecule has 25 heavy (non-hydrogen) atoms. The second-order valence-corrected chi connectivity index (χ2v) is 6.26. The van der Waals surface area contributed by atoms with Crippen LogP contribution in [0.3, 0.4) is 0 Å². The molecule has 0 aliphatic rings. The summed E-state index contributed by atoms with van der Waals surface area (Å²) in [4.78, 5) is 23.5. The summed E-state index contributed by atoms with van der Waals surface area (Å²) < 4.78 is 5.08. The van der Waals surface area contributed by atoms with Gasteiger partial charge in [0.2, 0.25) is 5.91 Å². The molecule has 1 atom stereocenters. The van der Waals surface area contributed by atoms with Crippen LogP contribution in [0.2, 0.25) is 10.0 Å². The number of carboxylic acids is 1. The molecule has 0 aromatic heterocycles. The fourth-order valence-electron chi connectivity index (χ4n) is 2.32. The lowest BCUT2D eigenvalue weighted by molar-refractivity contribution is -0.306. The number of carbonyl (C=O) groups excluding carboxylic acids is 2. The molecule has 1 amide bonds. The minimum Gasteiger partial charge on any atom is -0.550 e. The Balaban J connectivity index is 2.12. The summed E-state index contributed by atoms with van der Waals surface area (Å²) in [7, 11) is 1.55. The van der Waals surface area contributed by atoms with Crippen LogP contribution in [0.25, 0.3) is 0 Å². The van der Waals surface area contributed by atoms with E-state index in [1.54, 1.807) is 43.5 Å². The maximum absolute atomic E-state index is 12.5. The number of amides is 1. The van der Waals surface area contributed by atoms with Gasteiger partial charge in [0.15, 0.2) is 0 Å². The zero-order valence-corrected chi connectivity index (χ0v) is 14.9. The molecule has 1 unspecified atom stereocenters. The second-order valence-electron chi connectivity index (χ2n) is 5.44. The average Bonchev–Trinajstić information content (AvgIpc) is 2.58. The lowest BCUT2D eigenvalue weighted by atomic mass is 9.95. The maximum atomic E-state index is 12.5. The van der Waals surface area contributed by atoms with Gasteiger partial charge in [-0.15, -0.1) is 0 Å². The number of hydrogen-bond acceptors (Lipinski definition) is 4. The number of rotatable bonds is 7. The monoisotopic (exact) mass is 380 g/mol. The highest BCUT2D eigenvalue weighted by Crippen LogP contribution is 2.26. The van der Waals surface area contributed by atoms with Crippen molar-refractivity contribution in [3.8, 4) is 5.75 Å². The molecule has 0 fully saturated rings. The summed E-state index contributed by atoms with van der Waals surface area (Å²) in [5.41, 5.74) is 1.26. The molecule has 132 valence electrons. The standard InChI is InChI=1S/C18H17Cl2NO4/c1-25-14-5-2-11(3-6-14)8-12(9-17(22)23)18(24)21-13-4-7-15(19)16(20)10-13/h2-7,10,12H,8-9H2,1H3,(H,21,24)(H,22,23)/p-1. The topological polar surface area (TPSA) is 78.5 Å². The van der Waals surface area contributed by atoms with Crippen molar-refractivity contribution < 1.29 is 19.4 Å². The van der Waals surface area contributed by atoms with E-state index in [1.807, 2.05) is 0 Å². The van der Waals surface area contributed by atoms with Gasteiger partial charge in [0.1, 0.15) is 5.75 Å². The normalized spacial score (nSPS) is 11.6. The highest BCUT2D eigenvalue weighted by atomic mass is 35.5. The summed E-state index contributed by atoms with van der Waals surface area (Å²) >= 11 is 11.8. The van der Waals surface area contributed by atoms with Gasteiger partial charge in [-0.3, -0.25) is 4.79 Å². The van der Waals surface area contributed by atoms with Gasteiger partial charge in [0.25, 0.3) is 0 Å². The summed E-state index contributed by atoms with van der Waals surface area (Å²) in [6, 6.07) is 11.7. The molecule has 0 radical (unpaired) electrons. The Labute approximate surface area is 155 Å². The molecule has 0 saturated heterocycles. The fourth-order valence-corrected chi connectivity index (χ4v) is 2.62. The third kappa shape index (κ3) is 5.66. The highest BCUT2D eigenvalue weighted by molar-refractivity contribution is 6.42. The first kappa shape index (κ1) is 19.1. The van der Waals surface area contributed by atoms with Crippen molar-refractivity contribution in [3.05, 3.63) is 58.1 Å². The van der Waals surface area contributed by atoms with E-state index in [4.69, 9.17) is 27.9 Å². The lowest BCUT2D eigenvalue weighted by Gasteiger charge is -2.18. The van der Waals surface area contributed by atoms with Crippen LogP contribution in [0.5, 0.6) is 5.75 Å². The molecule has 2 aromatic carbocycles. The lowest BCUT2D eigenvalue weighted by Crippen LogP contribution is -2.32. The molecule has 0 bridgehead atoms. The average molecular weight is 381 g/mol. The maximum Gasteiger partial charge on any atom is 0.228 e. The molecule has 0 saturated carbocycles. The minimum absolute atomic E-state index is 0.255. The van der Waals surface area contributed by atoms with E-state index in [0.717, 1.165) is 5.56 Å². The third-order valence-electron chi connectivity index (χ3n) is 3.61. The van der Waals surface area contributed by atoms with Crippen molar-refractivity contribution in [1.82, 2.24) is 0 Å². The van der Waals surface area contributed by atoms with Crippen molar-refractivity contribution in [1.29, 1.82) is 0 Å². The highest BCUT2D eigenvalue weighted by Gasteiger charge is 2.20. The molecule has 0 spiro atoms. The van der Waals surface area contributed by atoms with Crippen LogP contribution >= 0.6 is 23.2 Å². The zero-order valence-electron chi connectivity index (χ0n) is 13.4. The molecular weight excluding hydrogens is 365 g/mol. The van der Waals surface area contributed by atoms with E-state index < -0.39 is 17.8 Å². The smallest absolute Gasteiger partial charge is 0.228 e. The first-order valence-corrected chi connectivity index (χ1v) is 8.23. The molecule has 5 nitrogen and oxygen atoms in total. The summed E-state index contributed by atoms with van der Waals surface area (Å²) in [6.45, 7) is 0. The van der Waals surface area contributed by atoms with Crippen LogP contribution in [-0.2, 0) is 16.0 Å². The zero-order chi connectivity index (χ0) is 18.4. The van der Waals surface area contributed by atoms with Gasteiger partial charge < -0.3 is 20.0 Å². The van der Waals surface area contributed by atoms with Crippen LogP contribution in [0, 0.1) is 5.92 Å². The summed E-state index contributed by atoms with van der Waals surface area (Å²) in [5, 5.41) is 14.3. The Kier molecular flexibility index (Phi) is 6.67. The van der Waals surface area contributed by atoms with Crippen LogP contribution in [0.15, 0.2) is 42.5 Å². The number of nitrogens with one attached hydrogen (secondary N) is 1. The van der Waals surface area contributed by atoms with Crippen molar-refractivity contribution in [3.63, 3.8) is 0 Å². The van der Waals surface area contributed by atoms with Gasteiger partial charge in [0, 0.05) is 17.6 Å². The predicted octanol–water partition coefficient (Wildman–Crippen LogP) is 2.94. The number of hydrogen-bond donors (Lipinski definition) is 1. The predicted molar refractivity (Wildman–Crippen MR) is 94.9 cm³/mol. The number of benzene rings is 2. The van der Waals surface area contributed by atoms with Gasteiger partial charge >= 0.3 is 0 Å². The third-order valence-corrected chi connectivity index (χ3v) is 4.35. The second kappa shape index (κ2) is 8.74. The van der Waals surface area contributed by atoms with Crippen LogP contribution < -0.4 is 15.2 Å². The van der Waals surface area contributed by atoms with E-state index in [9.17, 15) is 14.7 Å². The number of ether oxygens (including phenoxy) is 1. The summed E-state index contributed by atoms with van der Waals surface area (Å²) in [6.07, 6.45) is -0.135. The molecule has 2 aromatic rings. The van der Waals surface area contributed by atoms with Crippen molar-refractivity contribution in [2.75, 3.05) is 12.4 Å². The number of methoxy groups -OCH3 is 1. The molecule has 7 heteroatoms. The Morgan fingerprint density at radius 2 is 1.80 bits per heavy atom. The van der Waals surface area contributed by atoms with E-state index >= 15 is 0 Å². The van der Waals surface area contributed by atoms with E-state index in [0.29, 0.717) is 21.5 Å². The van der Waals surface area contributed by atoms with E-state index in [2.05, 4.69) is 5.32 Å². The van der Waals surface area contributed by atoms with Gasteiger partial charge in [0.05, 0.1) is 17.2 Å². The Morgan fingerprint density at radius 1 is 1.12 bits per heavy atom. The largest absolute Gasteiger partial charge is 0.550 e. The van der Waals surface area contributed by atoms with Crippen LogP contribution in [0.1, 0.15) is 12.0 Å². The van der Waals surface area contributed by atoms with Gasteiger partial charge in [-0.25, -0.2) is 0 Å². The Bertz CT molecular complexity index is 762. The number of anilines is 1. The van der Waals surface area contributed by atoms with Gasteiger partial charge in [-0.05, 0) is 48.7 Å². The number of aliphatic carboxylic acids is 1. The molecule has 0 aliphatic heterocycles. The Hall–Kier alpha value is -2.24. The molecule has 2 rings (SSSR count). The molecule has 0 aliphatic carbocycles. The molecule has 1 N–H and O–H groups in total. The molecular formula is C18H16Cl2NO4-. The molecule has 0 heterocycles. The van der Waals surface area contributed by atoms with Crippen LogP contribution in [0.4, 0.5) is 5.69 Å². The van der Waals surface area contributed by atoms with Gasteiger partial charge in [-0.1, -0.05) is 35.3 Å². The number of halogens is 2. The van der Waals surface area contributed by atoms with Crippen molar-refractivity contribution >= 4 is 40.8 Å². The first-order chi connectivity index (χ1) is 11.9. The summed E-state index contributed by atoms with van der Waals surface area (Å²) in [5.74, 6) is -1.82. The SMILES string of the molecule is COc1ccc(CC(CC(=O)[O-])C(=O)Nc2ccc(Cl)c(Cl)c2)cc1. The van der Waals surface area contributed by atoms with Crippen molar-refractivity contribution in [2.24, 2.45) is 5.92 Å². The fraction of sp³-hybridized carbons (Fsp3) is 0.222. The van der Waals surface area contributed by atoms with Gasteiger partial charge in [-0.2, -0.15) is 0 Å². The van der Waals surface area contributed by atoms with Crippen LogP contribution in [-0.4, -0.2) is 19.0 Å². The number of carboxylic acid groups (broad SMARTS) is 1. The quantitative estimate of drug-likeness (QED) is 0.800. The number of carbonyl (C=O) groups is 2. The minimum atomic E-state index is -1.29. The van der Waals surface area contributed by atoms with E-state index in [-0.39, 0.29) is 12.8 Å². The van der Waals surface area contributed by atoms with Crippen molar-refractivity contribution in [2.45, 2.75) is 12.8 Å². The van der Waals surface area contributed by atoms with E-state index in [1.165, 1.54) is 6.07 Å².